The summed E-state index contributed by atoms with van der Waals surface area (Å²) >= 11 is 0. The van der Waals surface area contributed by atoms with Gasteiger partial charge in [0.15, 0.2) is 0 Å². The van der Waals surface area contributed by atoms with E-state index in [9.17, 15) is 9.59 Å². The highest BCUT2D eigenvalue weighted by Gasteiger charge is 2.22. The Balaban J connectivity index is 2.30. The van der Waals surface area contributed by atoms with Gasteiger partial charge in [0.2, 0.25) is 11.8 Å². The molecule has 0 unspecified atom stereocenters. The smallest absolute Gasteiger partial charge is 0.223 e. The molecule has 0 saturated carbocycles. The molecular formula is C15H29N3O2. The molecule has 1 rings (SSSR count). The fraction of sp³-hybridized carbons (Fsp3) is 0.867. The first-order valence-corrected chi connectivity index (χ1v) is 7.84. The molecule has 1 heterocycles. The molecule has 116 valence electrons. The maximum atomic E-state index is 12.2. The van der Waals surface area contributed by atoms with E-state index in [1.807, 2.05) is 9.80 Å². The monoisotopic (exact) mass is 283 g/mol. The van der Waals surface area contributed by atoms with Gasteiger partial charge in [0.1, 0.15) is 0 Å². The average molecular weight is 283 g/mol. The summed E-state index contributed by atoms with van der Waals surface area (Å²) in [5.74, 6) is 0.333. The lowest BCUT2D eigenvalue weighted by Gasteiger charge is -2.34. The fourth-order valence-corrected chi connectivity index (χ4v) is 2.65. The van der Waals surface area contributed by atoms with Gasteiger partial charge in [-0.2, -0.15) is 0 Å². The van der Waals surface area contributed by atoms with Crippen molar-refractivity contribution in [1.82, 2.24) is 14.7 Å². The second kappa shape index (κ2) is 8.95. The lowest BCUT2D eigenvalue weighted by molar-refractivity contribution is -0.138. The predicted octanol–water partition coefficient (Wildman–Crippen LogP) is 1.19. The third kappa shape index (κ3) is 5.49. The SMILES string of the molecule is CCCN(CCC)CCC(=O)N1CCN(C(C)=O)CC1. The zero-order chi connectivity index (χ0) is 15.0. The van der Waals surface area contributed by atoms with Crippen molar-refractivity contribution in [2.45, 2.75) is 40.0 Å². The van der Waals surface area contributed by atoms with Crippen molar-refractivity contribution in [1.29, 1.82) is 0 Å². The van der Waals surface area contributed by atoms with Crippen molar-refractivity contribution in [3.63, 3.8) is 0 Å². The molecule has 0 aliphatic carbocycles. The van der Waals surface area contributed by atoms with Crippen LogP contribution in [0.2, 0.25) is 0 Å². The highest BCUT2D eigenvalue weighted by molar-refractivity contribution is 5.77. The van der Waals surface area contributed by atoms with E-state index in [0.29, 0.717) is 32.6 Å². The van der Waals surface area contributed by atoms with Crippen LogP contribution >= 0.6 is 0 Å². The molecule has 0 bridgehead atoms. The van der Waals surface area contributed by atoms with Gasteiger partial charge in [-0.3, -0.25) is 9.59 Å². The highest BCUT2D eigenvalue weighted by Crippen LogP contribution is 2.05. The molecule has 0 N–H and O–H groups in total. The quantitative estimate of drug-likeness (QED) is 0.705. The van der Waals surface area contributed by atoms with E-state index in [1.165, 1.54) is 0 Å². The molecule has 5 heteroatoms. The number of carbonyl (C=O) groups excluding carboxylic acids is 2. The number of piperazine rings is 1. The van der Waals surface area contributed by atoms with Crippen molar-refractivity contribution >= 4 is 11.8 Å². The van der Waals surface area contributed by atoms with Crippen LogP contribution in [-0.2, 0) is 9.59 Å². The number of carbonyl (C=O) groups is 2. The Morgan fingerprint density at radius 1 is 0.900 bits per heavy atom. The van der Waals surface area contributed by atoms with Crippen LogP contribution in [0.1, 0.15) is 40.0 Å². The Hall–Kier alpha value is -1.10. The van der Waals surface area contributed by atoms with Crippen LogP contribution in [0, 0.1) is 0 Å². The van der Waals surface area contributed by atoms with Crippen LogP contribution in [0.15, 0.2) is 0 Å². The summed E-state index contributed by atoms with van der Waals surface area (Å²) in [6.45, 7) is 11.6. The molecule has 1 aliphatic rings. The second-order valence-corrected chi connectivity index (χ2v) is 5.48. The van der Waals surface area contributed by atoms with Gasteiger partial charge in [0.05, 0.1) is 0 Å². The Labute approximate surface area is 122 Å². The van der Waals surface area contributed by atoms with Gasteiger partial charge in [-0.1, -0.05) is 13.8 Å². The van der Waals surface area contributed by atoms with Crippen molar-refractivity contribution in [2.75, 3.05) is 45.8 Å². The zero-order valence-electron chi connectivity index (χ0n) is 13.2. The standard InChI is InChI=1S/C15H29N3O2/c1-4-7-16(8-5-2)9-6-15(20)18-12-10-17(11-13-18)14(3)19/h4-13H2,1-3H3. The summed E-state index contributed by atoms with van der Waals surface area (Å²) in [5.41, 5.74) is 0. The van der Waals surface area contributed by atoms with E-state index in [0.717, 1.165) is 32.5 Å². The minimum absolute atomic E-state index is 0.106. The third-order valence-electron chi connectivity index (χ3n) is 3.80. The van der Waals surface area contributed by atoms with E-state index < -0.39 is 0 Å². The van der Waals surface area contributed by atoms with Crippen molar-refractivity contribution in [3.8, 4) is 0 Å². The maximum Gasteiger partial charge on any atom is 0.223 e. The second-order valence-electron chi connectivity index (χ2n) is 5.48. The molecule has 0 radical (unpaired) electrons. The van der Waals surface area contributed by atoms with Crippen LogP contribution in [0.5, 0.6) is 0 Å². The number of hydrogen-bond donors (Lipinski definition) is 0. The minimum atomic E-state index is 0.106. The van der Waals surface area contributed by atoms with Crippen LogP contribution in [0.4, 0.5) is 0 Å². The number of rotatable bonds is 7. The summed E-state index contributed by atoms with van der Waals surface area (Å²) in [5, 5.41) is 0. The van der Waals surface area contributed by atoms with Crippen molar-refractivity contribution in [3.05, 3.63) is 0 Å². The normalized spacial score (nSPS) is 15.8. The van der Waals surface area contributed by atoms with Gasteiger partial charge in [-0.25, -0.2) is 0 Å². The number of nitrogens with zero attached hydrogens (tertiary/aromatic N) is 3. The summed E-state index contributed by atoms with van der Waals surface area (Å²) in [6, 6.07) is 0. The maximum absolute atomic E-state index is 12.2. The molecule has 0 aromatic heterocycles. The van der Waals surface area contributed by atoms with Gasteiger partial charge in [-0.15, -0.1) is 0 Å². The van der Waals surface area contributed by atoms with Crippen molar-refractivity contribution in [2.24, 2.45) is 0 Å². The molecule has 1 fully saturated rings. The molecule has 2 amide bonds. The first-order valence-electron chi connectivity index (χ1n) is 7.84. The molecule has 0 aromatic rings. The van der Waals surface area contributed by atoms with E-state index in [-0.39, 0.29) is 11.8 Å². The summed E-state index contributed by atoms with van der Waals surface area (Å²) in [6.07, 6.45) is 2.86. The Bertz CT molecular complexity index is 306. The molecule has 0 atom stereocenters. The van der Waals surface area contributed by atoms with Crippen LogP contribution in [0.3, 0.4) is 0 Å². The van der Waals surface area contributed by atoms with E-state index in [1.54, 1.807) is 6.92 Å². The third-order valence-corrected chi connectivity index (χ3v) is 3.80. The first kappa shape index (κ1) is 17.0. The van der Waals surface area contributed by atoms with Crippen LogP contribution in [-0.4, -0.2) is 72.3 Å². The van der Waals surface area contributed by atoms with Gasteiger partial charge < -0.3 is 14.7 Å². The Morgan fingerprint density at radius 3 is 1.85 bits per heavy atom. The summed E-state index contributed by atoms with van der Waals surface area (Å²) < 4.78 is 0. The van der Waals surface area contributed by atoms with Gasteiger partial charge in [-0.05, 0) is 25.9 Å². The largest absolute Gasteiger partial charge is 0.339 e. The molecule has 1 saturated heterocycles. The van der Waals surface area contributed by atoms with Crippen LogP contribution < -0.4 is 0 Å². The van der Waals surface area contributed by atoms with Gasteiger partial charge >= 0.3 is 0 Å². The first-order chi connectivity index (χ1) is 9.58. The molecular weight excluding hydrogens is 254 g/mol. The van der Waals surface area contributed by atoms with E-state index in [2.05, 4.69) is 18.7 Å². The molecule has 0 aromatic carbocycles. The van der Waals surface area contributed by atoms with Crippen LogP contribution in [0.25, 0.3) is 0 Å². The lowest BCUT2D eigenvalue weighted by Crippen LogP contribution is -2.50. The summed E-state index contributed by atoms with van der Waals surface area (Å²) in [7, 11) is 0. The Morgan fingerprint density at radius 2 is 1.40 bits per heavy atom. The molecule has 5 nitrogen and oxygen atoms in total. The summed E-state index contributed by atoms with van der Waals surface area (Å²) in [4.78, 5) is 29.5. The van der Waals surface area contributed by atoms with Gasteiger partial charge in [0.25, 0.3) is 0 Å². The lowest BCUT2D eigenvalue weighted by atomic mass is 10.2. The van der Waals surface area contributed by atoms with E-state index in [4.69, 9.17) is 0 Å². The minimum Gasteiger partial charge on any atom is -0.339 e. The van der Waals surface area contributed by atoms with Gasteiger partial charge in [0, 0.05) is 46.1 Å². The topological polar surface area (TPSA) is 43.9 Å². The highest BCUT2D eigenvalue weighted by atomic mass is 16.2. The Kier molecular flexibility index (Phi) is 7.59. The van der Waals surface area contributed by atoms with E-state index >= 15 is 0 Å². The zero-order valence-corrected chi connectivity index (χ0v) is 13.2. The number of amides is 2. The molecule has 20 heavy (non-hydrogen) atoms. The predicted molar refractivity (Wildman–Crippen MR) is 80.5 cm³/mol. The molecule has 0 spiro atoms. The van der Waals surface area contributed by atoms with Crippen molar-refractivity contribution < 1.29 is 9.59 Å². The average Bonchev–Trinajstić information content (AvgIpc) is 2.45. The fourth-order valence-electron chi connectivity index (χ4n) is 2.65. The molecule has 1 aliphatic heterocycles. The number of hydrogen-bond acceptors (Lipinski definition) is 3.